The Balaban J connectivity index is 1.39. The van der Waals surface area contributed by atoms with Crippen LogP contribution >= 0.6 is 0 Å². The monoisotopic (exact) mass is 402 g/mol. The number of β-amino-alcohol motifs (C(OH)–C–C–N with tert-alkyl or cyclic N) is 1. The zero-order valence-corrected chi connectivity index (χ0v) is 16.9. The van der Waals surface area contributed by atoms with E-state index in [1.54, 1.807) is 6.20 Å². The molecule has 154 valence electrons. The summed E-state index contributed by atoms with van der Waals surface area (Å²) in [4.78, 5) is 24.9. The molecule has 2 N–H and O–H groups in total. The molecule has 1 aromatic heterocycles. The number of para-hydroxylation sites is 2. The van der Waals surface area contributed by atoms with Crippen molar-refractivity contribution in [2.75, 3.05) is 19.6 Å². The third-order valence-electron chi connectivity index (χ3n) is 6.32. The molecule has 0 spiro atoms. The SMILES string of the molecule is O=C(N[C@H](CN1CC[C@H](O)C1)c1ccccc1)C1(c2cnc3ccccc3n2)CC1. The Kier molecular flexibility index (Phi) is 4.97. The molecule has 0 bridgehead atoms. The second-order valence-electron chi connectivity index (χ2n) is 8.46. The molecule has 0 unspecified atom stereocenters. The van der Waals surface area contributed by atoms with E-state index >= 15 is 0 Å². The molecule has 1 saturated heterocycles. The molecule has 6 heteroatoms. The minimum Gasteiger partial charge on any atom is -0.392 e. The second-order valence-corrected chi connectivity index (χ2v) is 8.46. The fourth-order valence-electron chi connectivity index (χ4n) is 4.36. The van der Waals surface area contributed by atoms with Gasteiger partial charge in [-0.2, -0.15) is 0 Å². The summed E-state index contributed by atoms with van der Waals surface area (Å²) in [5.41, 5.74) is 2.90. The topological polar surface area (TPSA) is 78.4 Å². The molecule has 1 aliphatic heterocycles. The fourth-order valence-corrected chi connectivity index (χ4v) is 4.36. The van der Waals surface area contributed by atoms with E-state index in [0.29, 0.717) is 13.1 Å². The zero-order chi connectivity index (χ0) is 20.6. The van der Waals surface area contributed by atoms with Crippen molar-refractivity contribution in [2.24, 2.45) is 0 Å². The van der Waals surface area contributed by atoms with Gasteiger partial charge in [-0.3, -0.25) is 14.7 Å². The molecule has 2 fully saturated rings. The van der Waals surface area contributed by atoms with Crippen molar-refractivity contribution in [3.8, 4) is 0 Å². The van der Waals surface area contributed by atoms with Crippen molar-refractivity contribution in [3.05, 3.63) is 72.1 Å². The molecule has 1 amide bonds. The summed E-state index contributed by atoms with van der Waals surface area (Å²) in [6, 6.07) is 17.7. The van der Waals surface area contributed by atoms with Crippen LogP contribution in [-0.4, -0.2) is 51.6 Å². The lowest BCUT2D eigenvalue weighted by Crippen LogP contribution is -2.42. The van der Waals surface area contributed by atoms with Crippen molar-refractivity contribution >= 4 is 16.9 Å². The maximum absolute atomic E-state index is 13.4. The number of nitrogens with zero attached hydrogens (tertiary/aromatic N) is 3. The first kappa shape index (κ1) is 19.2. The second kappa shape index (κ2) is 7.78. The largest absolute Gasteiger partial charge is 0.392 e. The Morgan fingerprint density at radius 1 is 1.13 bits per heavy atom. The van der Waals surface area contributed by atoms with Crippen LogP contribution in [0.3, 0.4) is 0 Å². The molecule has 3 aromatic rings. The number of fused-ring (bicyclic) bond motifs is 1. The van der Waals surface area contributed by atoms with Crippen LogP contribution in [0.2, 0.25) is 0 Å². The van der Waals surface area contributed by atoms with Crippen LogP contribution in [0.15, 0.2) is 60.8 Å². The van der Waals surface area contributed by atoms with Crippen LogP contribution in [0.5, 0.6) is 0 Å². The first-order chi connectivity index (χ1) is 14.6. The van der Waals surface area contributed by atoms with E-state index in [4.69, 9.17) is 4.98 Å². The molecule has 0 radical (unpaired) electrons. The van der Waals surface area contributed by atoms with Gasteiger partial charge in [-0.1, -0.05) is 42.5 Å². The van der Waals surface area contributed by atoms with Gasteiger partial charge >= 0.3 is 0 Å². The first-order valence-electron chi connectivity index (χ1n) is 10.6. The van der Waals surface area contributed by atoms with Crippen molar-refractivity contribution in [3.63, 3.8) is 0 Å². The van der Waals surface area contributed by atoms with E-state index in [1.165, 1.54) is 0 Å². The Labute approximate surface area is 176 Å². The highest BCUT2D eigenvalue weighted by atomic mass is 16.3. The smallest absolute Gasteiger partial charge is 0.232 e. The van der Waals surface area contributed by atoms with E-state index < -0.39 is 5.41 Å². The van der Waals surface area contributed by atoms with Gasteiger partial charge < -0.3 is 10.4 Å². The Morgan fingerprint density at radius 2 is 1.87 bits per heavy atom. The molecule has 6 nitrogen and oxygen atoms in total. The lowest BCUT2D eigenvalue weighted by Gasteiger charge is -2.27. The summed E-state index contributed by atoms with van der Waals surface area (Å²) in [6.45, 7) is 2.19. The summed E-state index contributed by atoms with van der Waals surface area (Å²) in [5.74, 6) is 0.0145. The molecular weight excluding hydrogens is 376 g/mol. The van der Waals surface area contributed by atoms with Crippen LogP contribution < -0.4 is 5.32 Å². The summed E-state index contributed by atoms with van der Waals surface area (Å²) < 4.78 is 0. The van der Waals surface area contributed by atoms with Crippen molar-refractivity contribution in [2.45, 2.75) is 36.8 Å². The van der Waals surface area contributed by atoms with Crippen molar-refractivity contribution in [1.82, 2.24) is 20.2 Å². The van der Waals surface area contributed by atoms with Gasteiger partial charge in [0.25, 0.3) is 0 Å². The van der Waals surface area contributed by atoms with Crippen LogP contribution in [0.4, 0.5) is 0 Å². The summed E-state index contributed by atoms with van der Waals surface area (Å²) in [6.07, 6.45) is 3.83. The Morgan fingerprint density at radius 3 is 2.57 bits per heavy atom. The molecule has 2 aromatic carbocycles. The predicted octanol–water partition coefficient (Wildman–Crippen LogP) is 2.59. The van der Waals surface area contributed by atoms with Gasteiger partial charge in [0.15, 0.2) is 0 Å². The molecule has 2 aliphatic rings. The highest BCUT2D eigenvalue weighted by Crippen LogP contribution is 2.48. The number of aliphatic hydroxyl groups is 1. The van der Waals surface area contributed by atoms with Gasteiger partial charge in [0.05, 0.1) is 40.5 Å². The third kappa shape index (κ3) is 3.68. The lowest BCUT2D eigenvalue weighted by atomic mass is 9.99. The standard InChI is InChI=1S/C24H26N4O2/c29-18-10-13-28(15-18)16-21(17-6-2-1-3-7-17)27-23(30)24(11-12-24)22-14-25-19-8-4-5-9-20(19)26-22/h1-9,14,18,21,29H,10-13,15-16H2,(H,27,30)/t18-,21+/m0/s1. The molecular formula is C24H26N4O2. The fraction of sp³-hybridized carbons (Fsp3) is 0.375. The number of aliphatic hydroxyl groups excluding tert-OH is 1. The van der Waals surface area contributed by atoms with Gasteiger partial charge in [0.1, 0.15) is 0 Å². The van der Waals surface area contributed by atoms with E-state index in [1.807, 2.05) is 54.6 Å². The average Bonchev–Trinajstić information content (AvgIpc) is 3.50. The number of nitrogens with one attached hydrogen (secondary N) is 1. The Bertz CT molecular complexity index is 1050. The molecule has 1 saturated carbocycles. The predicted molar refractivity (Wildman–Crippen MR) is 115 cm³/mol. The van der Waals surface area contributed by atoms with Crippen LogP contribution in [0.1, 0.15) is 36.6 Å². The van der Waals surface area contributed by atoms with Crippen LogP contribution in [0, 0.1) is 0 Å². The number of aromatic nitrogens is 2. The molecule has 30 heavy (non-hydrogen) atoms. The van der Waals surface area contributed by atoms with Crippen LogP contribution in [-0.2, 0) is 10.2 Å². The highest BCUT2D eigenvalue weighted by Gasteiger charge is 2.53. The maximum Gasteiger partial charge on any atom is 0.232 e. The third-order valence-corrected chi connectivity index (χ3v) is 6.32. The summed E-state index contributed by atoms with van der Waals surface area (Å²) >= 11 is 0. The maximum atomic E-state index is 13.4. The van der Waals surface area contributed by atoms with Gasteiger partial charge in [-0.25, -0.2) is 4.98 Å². The number of carbonyl (C=O) groups excluding carboxylic acids is 1. The van der Waals surface area contributed by atoms with E-state index in [2.05, 4.69) is 15.2 Å². The molecule has 2 atom stereocenters. The van der Waals surface area contributed by atoms with Crippen molar-refractivity contribution < 1.29 is 9.90 Å². The number of amides is 1. The highest BCUT2D eigenvalue weighted by molar-refractivity contribution is 5.91. The van der Waals surface area contributed by atoms with Gasteiger partial charge in [-0.15, -0.1) is 0 Å². The summed E-state index contributed by atoms with van der Waals surface area (Å²) in [7, 11) is 0. The van der Waals surface area contributed by atoms with Gasteiger partial charge in [-0.05, 0) is 37.0 Å². The lowest BCUT2D eigenvalue weighted by molar-refractivity contribution is -0.124. The first-order valence-corrected chi connectivity index (χ1v) is 10.6. The molecule has 5 rings (SSSR count). The van der Waals surface area contributed by atoms with Gasteiger partial charge in [0.2, 0.25) is 5.91 Å². The number of hydrogen-bond donors (Lipinski definition) is 2. The Hall–Kier alpha value is -2.83. The number of benzene rings is 2. The average molecular weight is 402 g/mol. The number of likely N-dealkylation sites (tertiary alicyclic amines) is 1. The van der Waals surface area contributed by atoms with Crippen molar-refractivity contribution in [1.29, 1.82) is 0 Å². The van der Waals surface area contributed by atoms with Crippen LogP contribution in [0.25, 0.3) is 11.0 Å². The zero-order valence-electron chi connectivity index (χ0n) is 16.9. The number of hydrogen-bond acceptors (Lipinski definition) is 5. The minimum absolute atomic E-state index is 0.0145. The van der Waals surface area contributed by atoms with E-state index in [9.17, 15) is 9.90 Å². The normalized spacial score (nSPS) is 21.4. The van der Waals surface area contributed by atoms with E-state index in [-0.39, 0.29) is 18.1 Å². The van der Waals surface area contributed by atoms with E-state index in [0.717, 1.165) is 48.1 Å². The number of carbonyl (C=O) groups is 1. The quantitative estimate of drug-likeness (QED) is 0.663. The molecule has 1 aliphatic carbocycles. The molecule has 2 heterocycles. The number of rotatable bonds is 6. The summed E-state index contributed by atoms with van der Waals surface area (Å²) in [5, 5.41) is 13.2. The van der Waals surface area contributed by atoms with Gasteiger partial charge in [0, 0.05) is 19.6 Å². The minimum atomic E-state index is -0.589.